The Labute approximate surface area is 128 Å². The van der Waals surface area contributed by atoms with Crippen LogP contribution in [0.4, 0.5) is 0 Å². The van der Waals surface area contributed by atoms with Crippen LogP contribution >= 0.6 is 0 Å². The first-order valence-corrected chi connectivity index (χ1v) is 8.01. The van der Waals surface area contributed by atoms with Gasteiger partial charge >= 0.3 is 0 Å². The number of hydrogen-bond acceptors (Lipinski definition) is 4. The van der Waals surface area contributed by atoms with Crippen LogP contribution in [0.5, 0.6) is 11.5 Å². The van der Waals surface area contributed by atoms with Crippen LogP contribution in [0.2, 0.25) is 0 Å². The van der Waals surface area contributed by atoms with Crippen molar-refractivity contribution in [2.24, 2.45) is 0 Å². The van der Waals surface area contributed by atoms with Crippen LogP contribution in [0.3, 0.4) is 0 Å². The molecule has 1 aromatic carbocycles. The summed E-state index contributed by atoms with van der Waals surface area (Å²) in [6.07, 6.45) is 2.62. The van der Waals surface area contributed by atoms with Crippen LogP contribution < -0.4 is 4.74 Å². The van der Waals surface area contributed by atoms with Crippen LogP contribution in [0.1, 0.15) is 32.3 Å². The number of aromatic hydroxyl groups is 1. The number of hydrogen-bond donors (Lipinski definition) is 1. The third-order valence-corrected chi connectivity index (χ3v) is 4.20. The molecule has 4 nitrogen and oxygen atoms in total. The van der Waals surface area contributed by atoms with Crippen molar-refractivity contribution in [3.8, 4) is 11.5 Å². The molecule has 1 N–H and O–H groups in total. The third kappa shape index (κ3) is 4.35. The van der Waals surface area contributed by atoms with Gasteiger partial charge in [-0.05, 0) is 57.6 Å². The first kappa shape index (κ1) is 16.1. The van der Waals surface area contributed by atoms with E-state index < -0.39 is 0 Å². The van der Waals surface area contributed by atoms with Crippen molar-refractivity contribution in [1.29, 1.82) is 0 Å². The largest absolute Gasteiger partial charge is 0.504 e. The lowest BCUT2D eigenvalue weighted by Gasteiger charge is -2.27. The molecule has 0 aliphatic carbocycles. The van der Waals surface area contributed by atoms with Crippen molar-refractivity contribution < 1.29 is 9.84 Å². The number of phenols is 1. The van der Waals surface area contributed by atoms with Gasteiger partial charge < -0.3 is 14.7 Å². The lowest BCUT2D eigenvalue weighted by molar-refractivity contribution is 0.194. The fourth-order valence-corrected chi connectivity index (χ4v) is 3.18. The molecule has 1 aliphatic heterocycles. The summed E-state index contributed by atoms with van der Waals surface area (Å²) in [7, 11) is 2.17. The molecule has 1 aliphatic rings. The van der Waals surface area contributed by atoms with Crippen LogP contribution in [-0.4, -0.2) is 54.2 Å². The highest BCUT2D eigenvalue weighted by Crippen LogP contribution is 2.27. The third-order valence-electron chi connectivity index (χ3n) is 4.20. The summed E-state index contributed by atoms with van der Waals surface area (Å²) in [4.78, 5) is 4.93. The first-order chi connectivity index (χ1) is 10.1. The van der Waals surface area contributed by atoms with E-state index in [1.165, 1.54) is 24.9 Å². The van der Waals surface area contributed by atoms with E-state index in [-0.39, 0.29) is 5.75 Å². The first-order valence-electron chi connectivity index (χ1n) is 8.01. The Morgan fingerprint density at radius 1 is 1.38 bits per heavy atom. The molecule has 0 radical (unpaired) electrons. The summed E-state index contributed by atoms with van der Waals surface area (Å²) < 4.78 is 5.45. The molecule has 2 rings (SSSR count). The second-order valence-electron chi connectivity index (χ2n) is 5.86. The summed E-state index contributed by atoms with van der Waals surface area (Å²) in [5.41, 5.74) is 1.18. The Morgan fingerprint density at radius 2 is 2.19 bits per heavy atom. The fourth-order valence-electron chi connectivity index (χ4n) is 3.18. The minimum absolute atomic E-state index is 0.219. The Morgan fingerprint density at radius 3 is 2.90 bits per heavy atom. The molecule has 118 valence electrons. The van der Waals surface area contributed by atoms with E-state index in [4.69, 9.17) is 4.74 Å². The van der Waals surface area contributed by atoms with E-state index in [1.54, 1.807) is 6.07 Å². The van der Waals surface area contributed by atoms with Crippen LogP contribution in [-0.2, 0) is 6.54 Å². The molecule has 1 atom stereocenters. The van der Waals surface area contributed by atoms with E-state index in [9.17, 15) is 5.11 Å². The zero-order valence-electron chi connectivity index (χ0n) is 13.5. The average Bonchev–Trinajstić information content (AvgIpc) is 2.90. The highest BCUT2D eigenvalue weighted by atomic mass is 16.5. The molecule has 0 aromatic heterocycles. The number of rotatable bonds is 7. The molecule has 1 heterocycles. The lowest BCUT2D eigenvalue weighted by Crippen LogP contribution is -2.38. The maximum absolute atomic E-state index is 9.75. The number of nitrogens with zero attached hydrogens (tertiary/aromatic N) is 2. The topological polar surface area (TPSA) is 35.9 Å². The maximum atomic E-state index is 9.75. The molecule has 21 heavy (non-hydrogen) atoms. The number of ether oxygens (including phenoxy) is 1. The van der Waals surface area contributed by atoms with Gasteiger partial charge in [-0.15, -0.1) is 0 Å². The smallest absolute Gasteiger partial charge is 0.161 e. The predicted molar refractivity (Wildman–Crippen MR) is 85.9 cm³/mol. The number of phenolic OH excluding ortho intramolecular Hbond substituents is 1. The molecular formula is C17H28N2O2. The normalized spacial score (nSPS) is 19.3. The van der Waals surface area contributed by atoms with Gasteiger partial charge in [0.2, 0.25) is 0 Å². The van der Waals surface area contributed by atoms with E-state index in [2.05, 4.69) is 23.8 Å². The monoisotopic (exact) mass is 292 g/mol. The van der Waals surface area contributed by atoms with E-state index in [0.29, 0.717) is 18.4 Å². The van der Waals surface area contributed by atoms with Crippen LogP contribution in [0.15, 0.2) is 18.2 Å². The van der Waals surface area contributed by atoms with Gasteiger partial charge in [0.05, 0.1) is 6.61 Å². The Kier molecular flexibility index (Phi) is 5.88. The van der Waals surface area contributed by atoms with E-state index in [1.807, 2.05) is 19.1 Å². The number of likely N-dealkylation sites (N-methyl/N-ethyl adjacent to an activating group) is 2. The van der Waals surface area contributed by atoms with Gasteiger partial charge in [-0.1, -0.05) is 13.0 Å². The average molecular weight is 292 g/mol. The molecule has 1 aromatic rings. The molecular weight excluding hydrogens is 264 g/mol. The molecule has 1 saturated heterocycles. The van der Waals surface area contributed by atoms with Crippen molar-refractivity contribution >= 4 is 0 Å². The molecule has 4 heteroatoms. The van der Waals surface area contributed by atoms with Crippen LogP contribution in [0.25, 0.3) is 0 Å². The van der Waals surface area contributed by atoms with E-state index >= 15 is 0 Å². The Balaban J connectivity index is 1.93. The SMILES string of the molecule is CCOc1cc(CN(C)CC2CCCN2CC)ccc1O. The van der Waals surface area contributed by atoms with Crippen molar-refractivity contribution in [3.05, 3.63) is 23.8 Å². The van der Waals surface area contributed by atoms with Crippen molar-refractivity contribution in [3.63, 3.8) is 0 Å². The molecule has 0 amide bonds. The second kappa shape index (κ2) is 7.66. The van der Waals surface area contributed by atoms with Crippen molar-refractivity contribution in [2.75, 3.05) is 33.3 Å². The maximum Gasteiger partial charge on any atom is 0.161 e. The molecule has 1 unspecified atom stereocenters. The minimum atomic E-state index is 0.219. The molecule has 0 bridgehead atoms. The predicted octanol–water partition coefficient (Wildman–Crippen LogP) is 2.71. The summed E-state index contributed by atoms with van der Waals surface area (Å²) in [6, 6.07) is 6.33. The van der Waals surface area contributed by atoms with Gasteiger partial charge in [0, 0.05) is 19.1 Å². The number of benzene rings is 1. The second-order valence-corrected chi connectivity index (χ2v) is 5.86. The fraction of sp³-hybridized carbons (Fsp3) is 0.647. The van der Waals surface area contributed by atoms with Gasteiger partial charge in [0.25, 0.3) is 0 Å². The zero-order chi connectivity index (χ0) is 15.2. The summed E-state index contributed by atoms with van der Waals surface area (Å²) in [5, 5.41) is 9.75. The Bertz CT molecular complexity index is 450. The zero-order valence-corrected chi connectivity index (χ0v) is 13.5. The van der Waals surface area contributed by atoms with Crippen molar-refractivity contribution in [2.45, 2.75) is 39.3 Å². The van der Waals surface area contributed by atoms with E-state index in [0.717, 1.165) is 19.6 Å². The molecule has 1 fully saturated rings. The standard InChI is InChI=1S/C17H28N2O2/c1-4-19-10-6-7-15(19)13-18(3)12-14-8-9-16(20)17(11-14)21-5-2/h8-9,11,15,20H,4-7,10,12-13H2,1-3H3. The number of likely N-dealkylation sites (tertiary alicyclic amines) is 1. The highest BCUT2D eigenvalue weighted by molar-refractivity contribution is 5.41. The van der Waals surface area contributed by atoms with Gasteiger partial charge in [0.1, 0.15) is 0 Å². The van der Waals surface area contributed by atoms with Crippen LogP contribution in [0, 0.1) is 0 Å². The minimum Gasteiger partial charge on any atom is -0.504 e. The summed E-state index contributed by atoms with van der Waals surface area (Å²) in [5.74, 6) is 0.802. The Hall–Kier alpha value is -1.26. The highest BCUT2D eigenvalue weighted by Gasteiger charge is 2.23. The van der Waals surface area contributed by atoms with Gasteiger partial charge in [-0.3, -0.25) is 4.90 Å². The summed E-state index contributed by atoms with van der Waals surface area (Å²) in [6.45, 7) is 9.10. The van der Waals surface area contributed by atoms with Gasteiger partial charge in [-0.25, -0.2) is 0 Å². The summed E-state index contributed by atoms with van der Waals surface area (Å²) >= 11 is 0. The van der Waals surface area contributed by atoms with Crippen molar-refractivity contribution in [1.82, 2.24) is 9.80 Å². The molecule has 0 spiro atoms. The quantitative estimate of drug-likeness (QED) is 0.838. The van der Waals surface area contributed by atoms with Gasteiger partial charge in [0.15, 0.2) is 11.5 Å². The van der Waals surface area contributed by atoms with Gasteiger partial charge in [-0.2, -0.15) is 0 Å². The lowest BCUT2D eigenvalue weighted by atomic mass is 10.1. The molecule has 0 saturated carbocycles.